The normalized spacial score (nSPS) is 15.7. The lowest BCUT2D eigenvalue weighted by Gasteiger charge is -2.27. The Morgan fingerprint density at radius 2 is 1.93 bits per heavy atom. The lowest BCUT2D eigenvalue weighted by Crippen LogP contribution is -2.28. The van der Waals surface area contributed by atoms with E-state index in [1.54, 1.807) is 0 Å². The zero-order chi connectivity index (χ0) is 10.4. The second-order valence-corrected chi connectivity index (χ2v) is 4.39. The molecule has 0 radical (unpaired) electrons. The smallest absolute Gasteiger partial charge is 0.112 e. The van der Waals surface area contributed by atoms with E-state index in [4.69, 9.17) is 0 Å². The van der Waals surface area contributed by atoms with Crippen molar-refractivity contribution in [1.82, 2.24) is 4.57 Å². The molecule has 0 N–H and O–H groups in total. The summed E-state index contributed by atoms with van der Waals surface area (Å²) in [6, 6.07) is 8.71. The Morgan fingerprint density at radius 3 is 2.80 bits per heavy atom. The highest BCUT2D eigenvalue weighted by Gasteiger charge is 2.19. The highest BCUT2D eigenvalue weighted by Crippen LogP contribution is 2.33. The zero-order valence-electron chi connectivity index (χ0n) is 9.33. The molecule has 0 aliphatic carbocycles. The minimum Gasteiger partial charge on any atom is -0.361 e. The van der Waals surface area contributed by atoms with Gasteiger partial charge in [-0.1, -0.05) is 18.2 Å². The number of hydrogen-bond donors (Lipinski definition) is 0. The summed E-state index contributed by atoms with van der Waals surface area (Å²) in [7, 11) is 2.19. The standard InChI is InChI=1S/C13H16N2/c1-10-11-6-3-4-7-12(11)15-9-5-8-14(2)13(10)15/h3-4,6-7H,5,8-9H2,1-2H3. The Bertz CT molecular complexity index is 510. The third kappa shape index (κ3) is 1.11. The number of hydrogen-bond acceptors (Lipinski definition) is 1. The lowest BCUT2D eigenvalue weighted by atomic mass is 10.2. The average molecular weight is 200 g/mol. The summed E-state index contributed by atoms with van der Waals surface area (Å²) in [6.07, 6.45) is 1.25. The SMILES string of the molecule is Cc1c2n(c3ccccc13)CCCN2C. The van der Waals surface area contributed by atoms with Gasteiger partial charge >= 0.3 is 0 Å². The predicted octanol–water partition coefficient (Wildman–Crippen LogP) is 2.79. The molecule has 2 aromatic rings. The van der Waals surface area contributed by atoms with Crippen LogP contribution in [0.5, 0.6) is 0 Å². The summed E-state index contributed by atoms with van der Waals surface area (Å²) < 4.78 is 2.45. The van der Waals surface area contributed by atoms with Crippen molar-refractivity contribution in [1.29, 1.82) is 0 Å². The van der Waals surface area contributed by atoms with E-state index in [9.17, 15) is 0 Å². The summed E-state index contributed by atoms with van der Waals surface area (Å²) in [5, 5.41) is 1.40. The third-order valence-electron chi connectivity index (χ3n) is 3.43. The molecule has 15 heavy (non-hydrogen) atoms. The van der Waals surface area contributed by atoms with Crippen molar-refractivity contribution in [2.24, 2.45) is 0 Å². The van der Waals surface area contributed by atoms with Gasteiger partial charge < -0.3 is 9.47 Å². The van der Waals surface area contributed by atoms with Crippen LogP contribution in [0, 0.1) is 6.92 Å². The molecule has 0 spiro atoms. The molecule has 1 aliphatic heterocycles. The first-order valence-electron chi connectivity index (χ1n) is 5.58. The molecule has 0 saturated carbocycles. The van der Waals surface area contributed by atoms with E-state index in [1.165, 1.54) is 35.2 Å². The van der Waals surface area contributed by atoms with E-state index in [2.05, 4.69) is 47.7 Å². The minimum absolute atomic E-state index is 1.16. The van der Waals surface area contributed by atoms with E-state index < -0.39 is 0 Å². The van der Waals surface area contributed by atoms with E-state index in [-0.39, 0.29) is 0 Å². The molecule has 0 atom stereocenters. The fourth-order valence-electron chi connectivity index (χ4n) is 2.75. The molecule has 1 aliphatic rings. The first-order valence-corrected chi connectivity index (χ1v) is 5.58. The van der Waals surface area contributed by atoms with Gasteiger partial charge in [0, 0.05) is 31.0 Å². The van der Waals surface area contributed by atoms with Crippen molar-refractivity contribution in [3.05, 3.63) is 29.8 Å². The van der Waals surface area contributed by atoms with Crippen molar-refractivity contribution in [3.8, 4) is 0 Å². The molecule has 0 bridgehead atoms. The molecule has 0 saturated heterocycles. The predicted molar refractivity (Wildman–Crippen MR) is 64.6 cm³/mol. The van der Waals surface area contributed by atoms with Crippen LogP contribution in [-0.2, 0) is 6.54 Å². The number of aryl methyl sites for hydroxylation is 2. The molecule has 0 fully saturated rings. The number of rotatable bonds is 0. The highest BCUT2D eigenvalue weighted by atomic mass is 15.2. The molecular formula is C13H16N2. The van der Waals surface area contributed by atoms with Gasteiger partial charge in [-0.05, 0) is 25.0 Å². The van der Waals surface area contributed by atoms with Crippen molar-refractivity contribution >= 4 is 16.7 Å². The van der Waals surface area contributed by atoms with Crippen LogP contribution in [0.1, 0.15) is 12.0 Å². The van der Waals surface area contributed by atoms with Crippen LogP contribution in [0.2, 0.25) is 0 Å². The van der Waals surface area contributed by atoms with Crippen molar-refractivity contribution in [2.75, 3.05) is 18.5 Å². The van der Waals surface area contributed by atoms with Gasteiger partial charge in [-0.15, -0.1) is 0 Å². The van der Waals surface area contributed by atoms with Gasteiger partial charge in [-0.2, -0.15) is 0 Å². The van der Waals surface area contributed by atoms with Crippen LogP contribution >= 0.6 is 0 Å². The van der Waals surface area contributed by atoms with Crippen LogP contribution in [-0.4, -0.2) is 18.2 Å². The summed E-state index contributed by atoms with van der Waals surface area (Å²) in [4.78, 5) is 2.37. The summed E-state index contributed by atoms with van der Waals surface area (Å²) in [6.45, 7) is 4.57. The van der Waals surface area contributed by atoms with Gasteiger partial charge in [0.2, 0.25) is 0 Å². The van der Waals surface area contributed by atoms with Crippen molar-refractivity contribution in [3.63, 3.8) is 0 Å². The number of anilines is 1. The highest BCUT2D eigenvalue weighted by molar-refractivity contribution is 5.90. The molecule has 3 rings (SSSR count). The number of fused-ring (bicyclic) bond motifs is 3. The maximum Gasteiger partial charge on any atom is 0.112 e. The van der Waals surface area contributed by atoms with Crippen molar-refractivity contribution < 1.29 is 0 Å². The number of nitrogens with zero attached hydrogens (tertiary/aromatic N) is 2. The van der Waals surface area contributed by atoms with Crippen LogP contribution in [0.15, 0.2) is 24.3 Å². The second kappa shape index (κ2) is 3.02. The Kier molecular flexibility index (Phi) is 1.78. The van der Waals surface area contributed by atoms with E-state index in [0.717, 1.165) is 6.54 Å². The fraction of sp³-hybridized carbons (Fsp3) is 0.385. The van der Waals surface area contributed by atoms with Gasteiger partial charge in [0.25, 0.3) is 0 Å². The second-order valence-electron chi connectivity index (χ2n) is 4.39. The van der Waals surface area contributed by atoms with Crippen molar-refractivity contribution in [2.45, 2.75) is 19.9 Å². The number of benzene rings is 1. The maximum atomic E-state index is 2.45. The van der Waals surface area contributed by atoms with Gasteiger partial charge in [0.1, 0.15) is 5.82 Å². The Labute approximate surface area is 90.1 Å². The van der Waals surface area contributed by atoms with Gasteiger partial charge in [0.15, 0.2) is 0 Å². The Hall–Kier alpha value is -1.44. The molecule has 1 aromatic carbocycles. The minimum atomic E-state index is 1.16. The molecule has 2 nitrogen and oxygen atoms in total. The first kappa shape index (κ1) is 8.84. The van der Waals surface area contributed by atoms with Crippen LogP contribution in [0.3, 0.4) is 0 Å². The molecular weight excluding hydrogens is 184 g/mol. The summed E-state index contributed by atoms with van der Waals surface area (Å²) >= 11 is 0. The zero-order valence-corrected chi connectivity index (χ0v) is 9.33. The fourth-order valence-corrected chi connectivity index (χ4v) is 2.75. The monoisotopic (exact) mass is 200 g/mol. The van der Waals surface area contributed by atoms with E-state index in [1.807, 2.05) is 0 Å². The van der Waals surface area contributed by atoms with Crippen LogP contribution < -0.4 is 4.90 Å². The third-order valence-corrected chi connectivity index (χ3v) is 3.43. The quantitative estimate of drug-likeness (QED) is 0.635. The number of aromatic nitrogens is 1. The van der Waals surface area contributed by atoms with E-state index >= 15 is 0 Å². The lowest BCUT2D eigenvalue weighted by molar-refractivity contribution is 0.598. The maximum absolute atomic E-state index is 2.45. The van der Waals surface area contributed by atoms with Gasteiger partial charge in [-0.3, -0.25) is 0 Å². The molecule has 2 heteroatoms. The Morgan fingerprint density at radius 1 is 1.13 bits per heavy atom. The molecule has 0 amide bonds. The average Bonchev–Trinajstić information content (AvgIpc) is 2.55. The number of para-hydroxylation sites is 1. The van der Waals surface area contributed by atoms with Gasteiger partial charge in [-0.25, -0.2) is 0 Å². The summed E-state index contributed by atoms with van der Waals surface area (Å²) in [5.74, 6) is 1.41. The molecule has 1 aromatic heterocycles. The largest absolute Gasteiger partial charge is 0.361 e. The molecule has 0 unspecified atom stereocenters. The molecule has 2 heterocycles. The first-order chi connectivity index (χ1) is 7.29. The van der Waals surface area contributed by atoms with Crippen LogP contribution in [0.4, 0.5) is 5.82 Å². The van der Waals surface area contributed by atoms with Gasteiger partial charge in [0.05, 0.1) is 0 Å². The molecule has 78 valence electrons. The van der Waals surface area contributed by atoms with E-state index in [0.29, 0.717) is 0 Å². The topological polar surface area (TPSA) is 8.17 Å². The summed E-state index contributed by atoms with van der Waals surface area (Å²) in [5.41, 5.74) is 2.81. The van der Waals surface area contributed by atoms with Crippen LogP contribution in [0.25, 0.3) is 10.9 Å². The Balaban J connectivity index is 2.40.